The summed E-state index contributed by atoms with van der Waals surface area (Å²) in [5.41, 5.74) is 37.3. The Kier molecular flexibility index (Phi) is 19.4. The van der Waals surface area contributed by atoms with E-state index in [0.717, 1.165) is 118 Å². The predicted octanol–water partition coefficient (Wildman–Crippen LogP) is 28.8. The molecule has 0 unspecified atom stereocenters. The van der Waals surface area contributed by atoms with E-state index in [1.54, 1.807) is 18.6 Å². The molecule has 6 heterocycles. The summed E-state index contributed by atoms with van der Waals surface area (Å²) < 4.78 is 0. The maximum atomic E-state index is 5.15. The number of aromatic nitrogens is 9. The van der Waals surface area contributed by atoms with E-state index in [-0.39, 0.29) is 16.2 Å². The Balaban J connectivity index is 0.000000115. The van der Waals surface area contributed by atoms with Gasteiger partial charge in [-0.2, -0.15) is 0 Å². The molecule has 0 saturated carbocycles. The van der Waals surface area contributed by atoms with E-state index in [4.69, 9.17) is 29.9 Å². The van der Waals surface area contributed by atoms with Crippen molar-refractivity contribution in [1.82, 2.24) is 44.9 Å². The van der Waals surface area contributed by atoms with E-state index in [2.05, 4.69) is 378 Å². The summed E-state index contributed by atoms with van der Waals surface area (Å²) in [6.07, 6.45) is 11.0. The maximum absolute atomic E-state index is 5.15. The smallest absolute Gasteiger partial charge is 0.160 e. The van der Waals surface area contributed by atoms with Crippen molar-refractivity contribution in [3.8, 4) is 168 Å². The first kappa shape index (κ1) is 76.7. The van der Waals surface area contributed by atoms with Crippen LogP contribution in [-0.2, 0) is 16.2 Å². The van der Waals surface area contributed by atoms with Gasteiger partial charge in [0.15, 0.2) is 17.5 Å². The molecule has 9 nitrogen and oxygen atoms in total. The molecule has 0 radical (unpaired) electrons. The van der Waals surface area contributed by atoms with Crippen LogP contribution in [0.4, 0.5) is 0 Å². The highest BCUT2D eigenvalue weighted by Crippen LogP contribution is 2.55. The van der Waals surface area contributed by atoms with Crippen LogP contribution in [0.3, 0.4) is 0 Å². The number of hydrogen-bond donors (Lipinski definition) is 0. The average Bonchev–Trinajstić information content (AvgIpc) is 1.57. The van der Waals surface area contributed by atoms with Crippen molar-refractivity contribution in [2.45, 2.75) is 57.8 Å². The molecule has 0 amide bonds. The number of rotatable bonds is 12. The summed E-state index contributed by atoms with van der Waals surface area (Å²) in [5, 5.41) is 5.19. The van der Waals surface area contributed by atoms with Crippen LogP contribution in [0.1, 0.15) is 74.9 Å². The molecule has 594 valence electrons. The fourth-order valence-corrected chi connectivity index (χ4v) is 18.8. The summed E-state index contributed by atoms with van der Waals surface area (Å²) in [5.74, 6) is 2.14. The van der Waals surface area contributed by atoms with Gasteiger partial charge in [0.25, 0.3) is 0 Å². The molecule has 0 fully saturated rings. The molecule has 0 aliphatic heterocycles. The lowest BCUT2D eigenvalue weighted by Gasteiger charge is -2.23. The van der Waals surface area contributed by atoms with Crippen molar-refractivity contribution in [3.63, 3.8) is 0 Å². The molecule has 0 N–H and O–H groups in total. The van der Waals surface area contributed by atoms with E-state index < -0.39 is 0 Å². The Hall–Kier alpha value is -15.7. The van der Waals surface area contributed by atoms with Gasteiger partial charge in [0, 0.05) is 103 Å². The van der Waals surface area contributed by atoms with Crippen molar-refractivity contribution in [3.05, 3.63) is 441 Å². The average molecular weight is 1610 g/mol. The van der Waals surface area contributed by atoms with E-state index in [9.17, 15) is 0 Å². The predicted molar refractivity (Wildman–Crippen MR) is 512 cm³/mol. The van der Waals surface area contributed by atoms with Crippen LogP contribution < -0.4 is 0 Å². The van der Waals surface area contributed by atoms with Gasteiger partial charge in [-0.3, -0.25) is 15.0 Å². The third kappa shape index (κ3) is 14.3. The third-order valence-electron chi connectivity index (χ3n) is 25.4. The first-order valence-corrected chi connectivity index (χ1v) is 42.7. The first-order valence-electron chi connectivity index (χ1n) is 42.7. The van der Waals surface area contributed by atoms with Crippen LogP contribution in [0, 0.1) is 0 Å². The fourth-order valence-electron chi connectivity index (χ4n) is 18.8. The van der Waals surface area contributed by atoms with Crippen molar-refractivity contribution in [1.29, 1.82) is 0 Å². The minimum atomic E-state index is -0.137. The van der Waals surface area contributed by atoms with Gasteiger partial charge < -0.3 is 0 Å². The highest BCUT2D eigenvalue weighted by Gasteiger charge is 2.40. The molecule has 14 aromatic carbocycles. The highest BCUT2D eigenvalue weighted by molar-refractivity contribution is 6.03. The zero-order chi connectivity index (χ0) is 84.3. The summed E-state index contributed by atoms with van der Waals surface area (Å²) in [6, 6.07) is 130. The van der Waals surface area contributed by atoms with Crippen LogP contribution in [0.5, 0.6) is 0 Å². The van der Waals surface area contributed by atoms with Gasteiger partial charge in [-0.25, -0.2) is 29.9 Å². The van der Waals surface area contributed by atoms with Gasteiger partial charge in [-0.05, 0) is 176 Å². The summed E-state index contributed by atoms with van der Waals surface area (Å²) in [6.45, 7) is 14.0. The minimum Gasteiger partial charge on any atom is -0.264 e. The van der Waals surface area contributed by atoms with Gasteiger partial charge in [-0.1, -0.05) is 357 Å². The van der Waals surface area contributed by atoms with Gasteiger partial charge in [-0.15, -0.1) is 0 Å². The Morgan fingerprint density at radius 3 is 0.968 bits per heavy atom. The molecule has 20 aromatic rings. The normalized spacial score (nSPS) is 13.1. The molecule has 3 aliphatic carbocycles. The van der Waals surface area contributed by atoms with Gasteiger partial charge in [0.05, 0.1) is 34.2 Å². The molecular weight excluding hydrogens is 1520 g/mol. The fraction of sp³-hybridized carbons (Fsp3) is 0.0776. The Labute approximate surface area is 728 Å². The van der Waals surface area contributed by atoms with Gasteiger partial charge >= 0.3 is 0 Å². The van der Waals surface area contributed by atoms with Crippen LogP contribution in [0.2, 0.25) is 0 Å². The Bertz CT molecular complexity index is 7490. The Morgan fingerprint density at radius 2 is 0.504 bits per heavy atom. The lowest BCUT2D eigenvalue weighted by atomic mass is 9.80. The SMILES string of the molecule is CC1(C)c2cc(-c3cc(-c4ccccc4)nc(-c4ccc(-c5cccnc5)cc4)n3)ccc2-c2c1ccc1ccccc21.CC1(C)c2cc(-c3cc(-c4ccccc4)nc(-c4ccc(-c5cccnc5)cc4)n3)ccc2-c2ccc3ccccc3c21.CC1(C)c2ccccc2-c2cc(-c3cc(-c4ccccc4)nc(-c4ccc(-c5cccnc5)cc4)n3)ccc21. The minimum absolute atomic E-state index is 0.0213. The number of hydrogen-bond acceptors (Lipinski definition) is 9. The molecular formula is C116H85N9. The summed E-state index contributed by atoms with van der Waals surface area (Å²) in [4.78, 5) is 43.3. The first-order chi connectivity index (χ1) is 61.2. The van der Waals surface area contributed by atoms with E-state index in [1.165, 1.54) is 88.3 Å². The molecule has 23 rings (SSSR count). The standard InChI is InChI=1S/2C40H29N3.C36H27N3/c1-40(2)35-23-30(19-20-33(35)34-21-18-27-9-6-7-13-32(27)38(34)40)37-24-36(28-10-4-3-5-11-28)42-39(43-37)29-16-14-26(15-17-29)31-12-8-22-41-25-31;1-40(2)34-21-19-27-9-6-7-13-32(27)38(34)33-20-18-30(23-35(33)40)37-24-36(28-10-4-3-5-11-28)42-39(43-37)29-16-14-26(15-17-29)31-12-8-22-41-25-31;1-36(2)31-13-7-6-12-29(31)30-21-27(18-19-32(30)36)34-22-33(25-9-4-3-5-10-25)38-35(39-34)26-16-14-24(15-17-26)28-11-8-20-37-23-28/h2*3-25H,1-2H3;3-23H,1-2H3. The highest BCUT2D eigenvalue weighted by atomic mass is 14.9. The molecule has 125 heavy (non-hydrogen) atoms. The number of fused-ring (bicyclic) bond motifs is 13. The zero-order valence-electron chi connectivity index (χ0n) is 70.2. The van der Waals surface area contributed by atoms with E-state index in [1.807, 2.05) is 67.1 Å². The quantitative estimate of drug-likeness (QED) is 0.118. The second-order valence-corrected chi connectivity index (χ2v) is 34.1. The molecule has 6 aromatic heterocycles. The molecule has 0 bridgehead atoms. The lowest BCUT2D eigenvalue weighted by Crippen LogP contribution is -2.15. The second-order valence-electron chi connectivity index (χ2n) is 34.1. The van der Waals surface area contributed by atoms with Crippen LogP contribution in [0.15, 0.2) is 407 Å². The van der Waals surface area contributed by atoms with Crippen molar-refractivity contribution in [2.24, 2.45) is 0 Å². The molecule has 0 saturated heterocycles. The maximum Gasteiger partial charge on any atom is 0.160 e. The van der Waals surface area contributed by atoms with Crippen molar-refractivity contribution >= 4 is 21.5 Å². The van der Waals surface area contributed by atoms with Crippen molar-refractivity contribution < 1.29 is 0 Å². The molecule has 0 spiro atoms. The lowest BCUT2D eigenvalue weighted by molar-refractivity contribution is 0.660. The molecule has 0 atom stereocenters. The number of pyridine rings is 3. The summed E-state index contributed by atoms with van der Waals surface area (Å²) >= 11 is 0. The number of benzene rings is 14. The van der Waals surface area contributed by atoms with Gasteiger partial charge in [0.1, 0.15) is 0 Å². The zero-order valence-corrected chi connectivity index (χ0v) is 70.2. The largest absolute Gasteiger partial charge is 0.264 e. The summed E-state index contributed by atoms with van der Waals surface area (Å²) in [7, 11) is 0. The Morgan fingerprint density at radius 1 is 0.184 bits per heavy atom. The number of nitrogens with zero attached hydrogens (tertiary/aromatic N) is 9. The van der Waals surface area contributed by atoms with Crippen LogP contribution >= 0.6 is 0 Å². The van der Waals surface area contributed by atoms with E-state index >= 15 is 0 Å². The monoisotopic (exact) mass is 1600 g/mol. The van der Waals surface area contributed by atoms with Crippen molar-refractivity contribution in [2.75, 3.05) is 0 Å². The molecule has 3 aliphatic rings. The van der Waals surface area contributed by atoms with Crippen LogP contribution in [-0.4, -0.2) is 44.9 Å². The van der Waals surface area contributed by atoms with Gasteiger partial charge in [0.2, 0.25) is 0 Å². The third-order valence-corrected chi connectivity index (χ3v) is 25.4. The molecule has 9 heteroatoms. The topological polar surface area (TPSA) is 116 Å². The van der Waals surface area contributed by atoms with E-state index in [0.29, 0.717) is 17.5 Å². The van der Waals surface area contributed by atoms with Crippen LogP contribution in [0.25, 0.3) is 190 Å². The second kappa shape index (κ2) is 31.7.